The Balaban J connectivity index is 0.769. The molecular formula is C51H70F3N11O8. The summed E-state index contributed by atoms with van der Waals surface area (Å²) in [5.41, 5.74) is 0.273. The zero-order chi connectivity index (χ0) is 52.2. The summed E-state index contributed by atoms with van der Waals surface area (Å²) in [4.78, 5) is 96.6. The third-order valence-corrected chi connectivity index (χ3v) is 14.9. The van der Waals surface area contributed by atoms with E-state index in [0.717, 1.165) is 24.1 Å². The maximum Gasteiger partial charge on any atom is 0.416 e. The minimum atomic E-state index is -4.55. The number of likely N-dealkylation sites (tertiary alicyclic amines) is 2. The first-order chi connectivity index (χ1) is 35.0. The number of aromatic nitrogens is 3. The van der Waals surface area contributed by atoms with E-state index < -0.39 is 29.7 Å². The average molecular weight is 1020 g/mol. The first kappa shape index (κ1) is 54.8. The van der Waals surface area contributed by atoms with Crippen molar-refractivity contribution in [2.45, 2.75) is 133 Å². The summed E-state index contributed by atoms with van der Waals surface area (Å²) in [6.07, 6.45) is 5.39. The number of carbonyl (C=O) groups excluding carboxylic acids is 6. The molecule has 22 heteroatoms. The molecule has 1 aromatic carbocycles. The third-order valence-electron chi connectivity index (χ3n) is 14.9. The lowest BCUT2D eigenvalue weighted by atomic mass is 9.82. The molecule has 3 aromatic rings. The molecule has 0 unspecified atom stereocenters. The van der Waals surface area contributed by atoms with E-state index in [4.69, 9.17) is 9.47 Å². The van der Waals surface area contributed by atoms with E-state index in [1.807, 2.05) is 11.0 Å². The van der Waals surface area contributed by atoms with Crippen LogP contribution >= 0.6 is 0 Å². The maximum atomic E-state index is 14.1. The fraction of sp³-hybridized carbons (Fsp3) is 0.627. The summed E-state index contributed by atoms with van der Waals surface area (Å²) >= 11 is 0. The summed E-state index contributed by atoms with van der Waals surface area (Å²) in [7, 11) is 3.74. The number of hydrogen-bond donors (Lipinski definition) is 5. The molecule has 5 N–H and O–H groups in total. The number of ether oxygens (including phenoxy) is 2. The minimum Gasteiger partial charge on any atom is -0.379 e. The summed E-state index contributed by atoms with van der Waals surface area (Å²) in [6.45, 7) is 6.07. The number of fused-ring (bicyclic) bond motifs is 1. The molecule has 2 saturated heterocycles. The molecule has 398 valence electrons. The van der Waals surface area contributed by atoms with E-state index >= 15 is 0 Å². The fourth-order valence-corrected chi connectivity index (χ4v) is 10.6. The molecule has 4 fully saturated rings. The predicted molar refractivity (Wildman–Crippen MR) is 263 cm³/mol. The van der Waals surface area contributed by atoms with Crippen molar-refractivity contribution < 1.29 is 51.4 Å². The molecule has 0 spiro atoms. The van der Waals surface area contributed by atoms with Gasteiger partial charge in [0.15, 0.2) is 0 Å². The number of amides is 6. The van der Waals surface area contributed by atoms with Crippen molar-refractivity contribution in [3.05, 3.63) is 60.2 Å². The molecular weight excluding hydrogens is 952 g/mol. The molecule has 2 saturated carbocycles. The lowest BCUT2D eigenvalue weighted by molar-refractivity contribution is -0.137. The van der Waals surface area contributed by atoms with Crippen LogP contribution in [0.2, 0.25) is 0 Å². The highest BCUT2D eigenvalue weighted by Crippen LogP contribution is 2.38. The van der Waals surface area contributed by atoms with Crippen LogP contribution < -0.4 is 26.6 Å². The number of rotatable bonds is 22. The summed E-state index contributed by atoms with van der Waals surface area (Å²) in [5.74, 6) is -1.72. The van der Waals surface area contributed by atoms with Crippen molar-refractivity contribution in [3.8, 4) is 0 Å². The standard InChI is InChI=1S/C51H70F3N11O8/c1-31(2)63(3)36-12-14-42(65-21-16-40(50(65)71)61-47-37-26-34(51(52,53)54)9-13-39(37)58-30-59-47)41(27-36)62-48(69)32-7-10-35(11-8-32)60-44(67)17-22-72-24-25-73-23-20-56-43(66)15-19-57-49(70)38-28-45(68)64(4)46(38)33-6-5-18-55-29-33/h5-6,9,13,18,26,29-32,35-36,38,40-42,46H,7-8,10-12,14-17,19-25,27-28H2,1-4H3,(H,56,66)(H,57,70)(H,60,67)(H,62,69)(H,58,59,61)/t32?,35?,36-,38+,40+,41-,42+,46-/m1/s1. The topological polar surface area (TPSA) is 229 Å². The fourth-order valence-electron chi connectivity index (χ4n) is 10.6. The van der Waals surface area contributed by atoms with Gasteiger partial charge in [0.25, 0.3) is 0 Å². The van der Waals surface area contributed by atoms with E-state index in [2.05, 4.69) is 67.3 Å². The zero-order valence-electron chi connectivity index (χ0n) is 42.1. The van der Waals surface area contributed by atoms with Gasteiger partial charge in [-0.1, -0.05) is 6.07 Å². The molecule has 2 aromatic heterocycles. The first-order valence-corrected chi connectivity index (χ1v) is 25.5. The zero-order valence-corrected chi connectivity index (χ0v) is 42.1. The summed E-state index contributed by atoms with van der Waals surface area (Å²) in [6, 6.07) is 5.57. The van der Waals surface area contributed by atoms with Gasteiger partial charge in [0.1, 0.15) is 18.2 Å². The molecule has 4 aliphatic rings. The van der Waals surface area contributed by atoms with Crippen LogP contribution in [0.25, 0.3) is 10.9 Å². The van der Waals surface area contributed by atoms with Gasteiger partial charge < -0.3 is 50.8 Å². The Kier molecular flexibility index (Phi) is 19.0. The normalized spacial score (nSPS) is 24.6. The number of benzene rings is 1. The molecule has 73 heavy (non-hydrogen) atoms. The number of hydrogen-bond acceptors (Lipinski definition) is 13. The SMILES string of the molecule is CC(C)N(C)[C@@H]1CC[C@H](N2CC[C@H](Nc3ncnc4ccc(C(F)(F)F)cc34)C2=O)[C@H](NC(=O)C2CCC(NC(=O)CCOCCOCCNC(=O)CCNC(=O)[C@H]3CC(=O)N(C)[C@@H]3c3cccnc3)CC2)C1. The molecule has 7 rings (SSSR count). The van der Waals surface area contributed by atoms with E-state index in [1.54, 1.807) is 30.4 Å². The second-order valence-corrected chi connectivity index (χ2v) is 19.9. The van der Waals surface area contributed by atoms with Gasteiger partial charge in [-0.25, -0.2) is 9.97 Å². The van der Waals surface area contributed by atoms with Crippen molar-refractivity contribution in [2.24, 2.45) is 11.8 Å². The summed E-state index contributed by atoms with van der Waals surface area (Å²) in [5, 5.41) is 15.3. The Morgan fingerprint density at radius 2 is 1.63 bits per heavy atom. The van der Waals surface area contributed by atoms with Crippen LogP contribution in [-0.2, 0) is 44.4 Å². The number of nitrogens with zero attached hydrogens (tertiary/aromatic N) is 6. The molecule has 2 aliphatic carbocycles. The Labute approximate surface area is 423 Å². The second kappa shape index (κ2) is 25.3. The van der Waals surface area contributed by atoms with Gasteiger partial charge in [-0.15, -0.1) is 0 Å². The van der Waals surface area contributed by atoms with Gasteiger partial charge in [0, 0.05) is 87.8 Å². The van der Waals surface area contributed by atoms with E-state index in [0.29, 0.717) is 57.0 Å². The van der Waals surface area contributed by atoms with Gasteiger partial charge in [-0.2, -0.15) is 13.2 Å². The molecule has 6 atom stereocenters. The van der Waals surface area contributed by atoms with Gasteiger partial charge in [0.05, 0.1) is 61.6 Å². The van der Waals surface area contributed by atoms with Crippen molar-refractivity contribution in [3.63, 3.8) is 0 Å². The molecule has 4 heterocycles. The van der Waals surface area contributed by atoms with Gasteiger partial charge >= 0.3 is 6.18 Å². The molecule has 19 nitrogen and oxygen atoms in total. The number of carbonyl (C=O) groups is 6. The van der Waals surface area contributed by atoms with Crippen LogP contribution in [0.15, 0.2) is 49.1 Å². The highest BCUT2D eigenvalue weighted by Gasteiger charge is 2.45. The number of halogens is 3. The van der Waals surface area contributed by atoms with Crippen molar-refractivity contribution in [1.82, 2.24) is 50.9 Å². The Hall–Kier alpha value is -6.00. The number of nitrogens with one attached hydrogen (secondary N) is 5. The smallest absolute Gasteiger partial charge is 0.379 e. The first-order valence-electron chi connectivity index (χ1n) is 25.5. The Bertz CT molecular complexity index is 2390. The second-order valence-electron chi connectivity index (χ2n) is 19.9. The predicted octanol–water partition coefficient (Wildman–Crippen LogP) is 3.74. The van der Waals surface area contributed by atoms with Gasteiger partial charge in [0.2, 0.25) is 35.4 Å². The third kappa shape index (κ3) is 14.4. The maximum absolute atomic E-state index is 14.1. The monoisotopic (exact) mass is 1020 g/mol. The molecule has 0 bridgehead atoms. The Morgan fingerprint density at radius 3 is 2.36 bits per heavy atom. The van der Waals surface area contributed by atoms with Crippen LogP contribution in [0, 0.1) is 11.8 Å². The van der Waals surface area contributed by atoms with Gasteiger partial charge in [-0.05, 0) is 102 Å². The van der Waals surface area contributed by atoms with Gasteiger partial charge in [-0.3, -0.25) is 33.8 Å². The van der Waals surface area contributed by atoms with Crippen molar-refractivity contribution in [2.75, 3.05) is 65.5 Å². The largest absolute Gasteiger partial charge is 0.416 e. The van der Waals surface area contributed by atoms with Crippen LogP contribution in [0.3, 0.4) is 0 Å². The molecule has 0 radical (unpaired) electrons. The minimum absolute atomic E-state index is 0.0652. The Morgan fingerprint density at radius 1 is 0.863 bits per heavy atom. The van der Waals surface area contributed by atoms with Crippen molar-refractivity contribution >= 4 is 52.2 Å². The van der Waals surface area contributed by atoms with Crippen LogP contribution in [0.1, 0.15) is 102 Å². The van der Waals surface area contributed by atoms with E-state index in [1.165, 1.54) is 12.4 Å². The highest BCUT2D eigenvalue weighted by molar-refractivity contribution is 5.94. The average Bonchev–Trinajstić information content (AvgIpc) is 3.89. The number of anilines is 1. The van der Waals surface area contributed by atoms with Crippen LogP contribution in [0.4, 0.5) is 19.0 Å². The van der Waals surface area contributed by atoms with Crippen LogP contribution in [-0.4, -0.2) is 162 Å². The number of alkyl halides is 3. The van der Waals surface area contributed by atoms with E-state index in [-0.39, 0.29) is 142 Å². The number of pyridine rings is 1. The van der Waals surface area contributed by atoms with E-state index in [9.17, 15) is 41.9 Å². The lowest BCUT2D eigenvalue weighted by Crippen LogP contribution is -2.59. The van der Waals surface area contributed by atoms with Crippen LogP contribution in [0.5, 0.6) is 0 Å². The lowest BCUT2D eigenvalue weighted by Gasteiger charge is -2.45. The van der Waals surface area contributed by atoms with Crippen molar-refractivity contribution in [1.29, 1.82) is 0 Å². The molecule has 6 amide bonds. The highest BCUT2D eigenvalue weighted by atomic mass is 19.4. The summed E-state index contributed by atoms with van der Waals surface area (Å²) < 4.78 is 51.9. The quantitative estimate of drug-likeness (QED) is 0.0906. The molecule has 2 aliphatic heterocycles.